The van der Waals surface area contributed by atoms with Crippen molar-refractivity contribution in [3.05, 3.63) is 11.2 Å². The molecule has 100 valence electrons. The van der Waals surface area contributed by atoms with Crippen LogP contribution >= 0.6 is 11.6 Å². The largest absolute Gasteiger partial charge is 0.355 e. The number of halogens is 1. The number of nitrogens with zero attached hydrogens (tertiary/aromatic N) is 3. The van der Waals surface area contributed by atoms with E-state index in [1.165, 1.54) is 6.42 Å². The van der Waals surface area contributed by atoms with Crippen molar-refractivity contribution in [3.63, 3.8) is 0 Å². The highest BCUT2D eigenvalue weighted by atomic mass is 35.5. The summed E-state index contributed by atoms with van der Waals surface area (Å²) in [4.78, 5) is 10.5. The van der Waals surface area contributed by atoms with Crippen LogP contribution in [-0.2, 0) is 0 Å². The first-order valence-corrected chi connectivity index (χ1v) is 6.70. The number of anilines is 2. The number of nitrogens with one attached hydrogen (secondary N) is 1. The lowest BCUT2D eigenvalue weighted by molar-refractivity contribution is 0.238. The van der Waals surface area contributed by atoms with Crippen molar-refractivity contribution in [2.45, 2.75) is 33.1 Å². The zero-order chi connectivity index (χ0) is 13.2. The Hall–Kier alpha value is -1.07. The number of rotatable bonds is 3. The highest BCUT2D eigenvalue weighted by Crippen LogP contribution is 2.36. The minimum atomic E-state index is 0.401. The average molecular weight is 270 g/mol. The average Bonchev–Trinajstić information content (AvgIpc) is 2.41. The maximum absolute atomic E-state index is 6.16. The van der Waals surface area contributed by atoms with Crippen LogP contribution in [0.25, 0.3) is 0 Å². The molecule has 0 spiro atoms. The molecule has 0 bridgehead atoms. The molecule has 0 atom stereocenters. The lowest BCUT2D eigenvalue weighted by atomic mass is 9.78. The Labute approximate surface area is 113 Å². The third kappa shape index (κ3) is 2.67. The maximum atomic E-state index is 6.16. The molecule has 0 aromatic carbocycles. The number of nitrogens with two attached hydrogens (primary N) is 1. The van der Waals surface area contributed by atoms with Crippen molar-refractivity contribution in [1.82, 2.24) is 9.97 Å². The summed E-state index contributed by atoms with van der Waals surface area (Å²) in [7, 11) is 0. The molecule has 5 nitrogen and oxygen atoms in total. The molecule has 0 radical (unpaired) electrons. The van der Waals surface area contributed by atoms with E-state index in [4.69, 9.17) is 17.4 Å². The van der Waals surface area contributed by atoms with Crippen LogP contribution in [0.5, 0.6) is 0 Å². The lowest BCUT2D eigenvalue weighted by Gasteiger charge is -2.39. The van der Waals surface area contributed by atoms with E-state index in [1.54, 1.807) is 6.20 Å². The zero-order valence-electron chi connectivity index (χ0n) is 10.9. The molecule has 1 aromatic heterocycles. The Balaban J connectivity index is 2.14. The van der Waals surface area contributed by atoms with Crippen molar-refractivity contribution in [1.29, 1.82) is 0 Å². The van der Waals surface area contributed by atoms with Crippen molar-refractivity contribution >= 4 is 23.4 Å². The second-order valence-electron chi connectivity index (χ2n) is 5.16. The van der Waals surface area contributed by atoms with Gasteiger partial charge in [-0.25, -0.2) is 10.8 Å². The van der Waals surface area contributed by atoms with E-state index in [2.05, 4.69) is 34.1 Å². The molecule has 1 aromatic rings. The normalized spacial score (nSPS) is 18.8. The van der Waals surface area contributed by atoms with Gasteiger partial charge in [-0.05, 0) is 18.3 Å². The summed E-state index contributed by atoms with van der Waals surface area (Å²) in [6.07, 6.45) is 5.13. The van der Waals surface area contributed by atoms with Gasteiger partial charge in [0.05, 0.1) is 6.20 Å². The molecular formula is C12H20ClN5. The van der Waals surface area contributed by atoms with E-state index >= 15 is 0 Å². The molecule has 0 saturated carbocycles. The molecule has 0 aliphatic carbocycles. The van der Waals surface area contributed by atoms with Gasteiger partial charge in [0.1, 0.15) is 5.02 Å². The van der Waals surface area contributed by atoms with E-state index in [-0.39, 0.29) is 0 Å². The highest BCUT2D eigenvalue weighted by Gasteiger charge is 2.29. The van der Waals surface area contributed by atoms with Crippen LogP contribution in [0.15, 0.2) is 6.20 Å². The molecule has 2 heterocycles. The lowest BCUT2D eigenvalue weighted by Crippen LogP contribution is -2.39. The number of hydrogen-bond acceptors (Lipinski definition) is 5. The fraction of sp³-hybridized carbons (Fsp3) is 0.667. The fourth-order valence-electron chi connectivity index (χ4n) is 2.26. The van der Waals surface area contributed by atoms with Crippen LogP contribution in [0.1, 0.15) is 33.1 Å². The van der Waals surface area contributed by atoms with E-state index in [0.29, 0.717) is 16.4 Å². The minimum Gasteiger partial charge on any atom is -0.355 e. The standard InChI is InChI=1S/C12H20ClN5/c1-3-12(2)4-6-18(7-5-12)10-9(13)8-15-11(16-10)17-14/h8H,3-7,14H2,1-2H3,(H,15,16,17). The number of aromatic nitrogens is 2. The Bertz CT molecular complexity index is 415. The van der Waals surface area contributed by atoms with Gasteiger partial charge in [-0.1, -0.05) is 31.9 Å². The summed E-state index contributed by atoms with van der Waals surface area (Å²) in [6, 6.07) is 0. The molecule has 6 heteroatoms. The van der Waals surface area contributed by atoms with Crippen molar-refractivity contribution in [3.8, 4) is 0 Å². The van der Waals surface area contributed by atoms with Gasteiger partial charge in [0.15, 0.2) is 5.82 Å². The second kappa shape index (κ2) is 5.28. The van der Waals surface area contributed by atoms with Crippen LogP contribution in [0, 0.1) is 5.41 Å². The molecule has 1 aliphatic heterocycles. The van der Waals surface area contributed by atoms with Crippen LogP contribution in [0.2, 0.25) is 5.02 Å². The summed E-state index contributed by atoms with van der Waals surface area (Å²) in [6.45, 7) is 6.55. The molecular weight excluding hydrogens is 250 g/mol. The topological polar surface area (TPSA) is 67.1 Å². The van der Waals surface area contributed by atoms with Crippen LogP contribution < -0.4 is 16.2 Å². The predicted octanol–water partition coefficient (Wildman–Crippen LogP) is 2.43. The Morgan fingerprint density at radius 1 is 1.50 bits per heavy atom. The van der Waals surface area contributed by atoms with E-state index in [9.17, 15) is 0 Å². The Kier molecular flexibility index (Phi) is 3.92. The summed E-state index contributed by atoms with van der Waals surface area (Å²) in [5.74, 6) is 6.50. The van der Waals surface area contributed by atoms with Crippen molar-refractivity contribution < 1.29 is 0 Å². The number of nitrogen functional groups attached to an aromatic ring is 1. The highest BCUT2D eigenvalue weighted by molar-refractivity contribution is 6.32. The van der Waals surface area contributed by atoms with Crippen molar-refractivity contribution in [2.24, 2.45) is 11.3 Å². The Morgan fingerprint density at radius 2 is 2.17 bits per heavy atom. The van der Waals surface area contributed by atoms with Crippen molar-refractivity contribution in [2.75, 3.05) is 23.4 Å². The van der Waals surface area contributed by atoms with Gasteiger partial charge in [-0.15, -0.1) is 0 Å². The second-order valence-corrected chi connectivity index (χ2v) is 5.57. The predicted molar refractivity (Wildman–Crippen MR) is 74.7 cm³/mol. The van der Waals surface area contributed by atoms with Gasteiger partial charge in [0, 0.05) is 13.1 Å². The molecule has 0 amide bonds. The number of piperidine rings is 1. The van der Waals surface area contributed by atoms with E-state index < -0.39 is 0 Å². The third-order valence-electron chi connectivity index (χ3n) is 3.98. The first kappa shape index (κ1) is 13.4. The summed E-state index contributed by atoms with van der Waals surface area (Å²) < 4.78 is 0. The van der Waals surface area contributed by atoms with E-state index in [1.807, 2.05) is 0 Å². The van der Waals surface area contributed by atoms with Gasteiger partial charge in [0.2, 0.25) is 5.95 Å². The fourth-order valence-corrected chi connectivity index (χ4v) is 2.47. The molecule has 1 saturated heterocycles. The molecule has 0 unspecified atom stereocenters. The van der Waals surface area contributed by atoms with E-state index in [0.717, 1.165) is 31.7 Å². The molecule has 3 N–H and O–H groups in total. The maximum Gasteiger partial charge on any atom is 0.239 e. The summed E-state index contributed by atoms with van der Waals surface area (Å²) in [5, 5.41) is 0.578. The summed E-state index contributed by atoms with van der Waals surface area (Å²) in [5.41, 5.74) is 2.90. The Morgan fingerprint density at radius 3 is 2.72 bits per heavy atom. The number of hydrogen-bond donors (Lipinski definition) is 2. The van der Waals surface area contributed by atoms with Crippen LogP contribution in [0.4, 0.5) is 11.8 Å². The van der Waals surface area contributed by atoms with Gasteiger partial charge in [-0.3, -0.25) is 5.43 Å². The van der Waals surface area contributed by atoms with Gasteiger partial charge < -0.3 is 4.90 Å². The third-order valence-corrected chi connectivity index (χ3v) is 4.24. The molecule has 1 fully saturated rings. The van der Waals surface area contributed by atoms with Gasteiger partial charge in [0.25, 0.3) is 0 Å². The first-order chi connectivity index (χ1) is 8.58. The summed E-state index contributed by atoms with van der Waals surface area (Å²) >= 11 is 6.16. The van der Waals surface area contributed by atoms with Gasteiger partial charge >= 0.3 is 0 Å². The zero-order valence-corrected chi connectivity index (χ0v) is 11.7. The van der Waals surface area contributed by atoms with Crippen LogP contribution in [-0.4, -0.2) is 23.1 Å². The smallest absolute Gasteiger partial charge is 0.239 e. The molecule has 2 rings (SSSR count). The van der Waals surface area contributed by atoms with Gasteiger partial charge in [-0.2, -0.15) is 4.98 Å². The quantitative estimate of drug-likeness (QED) is 0.652. The first-order valence-electron chi connectivity index (χ1n) is 6.32. The number of hydrazine groups is 1. The van der Waals surface area contributed by atoms with Crippen LogP contribution in [0.3, 0.4) is 0 Å². The SMILES string of the molecule is CCC1(C)CCN(c2nc(NN)ncc2Cl)CC1. The molecule has 1 aliphatic rings. The monoisotopic (exact) mass is 269 g/mol. The minimum absolute atomic E-state index is 0.401. The molecule has 18 heavy (non-hydrogen) atoms.